The first-order valence-electron chi connectivity index (χ1n) is 9.90. The van der Waals surface area contributed by atoms with Crippen molar-refractivity contribution in [1.82, 2.24) is 25.0 Å². The van der Waals surface area contributed by atoms with Crippen LogP contribution < -0.4 is 5.32 Å². The predicted molar refractivity (Wildman–Crippen MR) is 104 cm³/mol. The molecule has 0 bridgehead atoms. The molecule has 7 nitrogen and oxygen atoms in total. The minimum Gasteiger partial charge on any atom is -0.355 e. The van der Waals surface area contributed by atoms with Gasteiger partial charge in [-0.2, -0.15) is 5.10 Å². The second-order valence-corrected chi connectivity index (χ2v) is 8.33. The SMILES string of the molecule is Cc1cc(C)n(CC2(CNC(=O)[C@H]3CC(=O)N(Cc4ccncc4)C3)CC2)n1. The van der Waals surface area contributed by atoms with E-state index in [4.69, 9.17) is 0 Å². The van der Waals surface area contributed by atoms with Crippen LogP contribution in [0.4, 0.5) is 0 Å². The van der Waals surface area contributed by atoms with Crippen LogP contribution in [0.2, 0.25) is 0 Å². The number of hydrogen-bond acceptors (Lipinski definition) is 4. The van der Waals surface area contributed by atoms with Crippen molar-refractivity contribution in [3.8, 4) is 0 Å². The molecular weight excluding hydrogens is 354 g/mol. The van der Waals surface area contributed by atoms with Crippen molar-refractivity contribution in [3.05, 3.63) is 47.5 Å². The number of hydrogen-bond donors (Lipinski definition) is 1. The van der Waals surface area contributed by atoms with Crippen LogP contribution in [-0.2, 0) is 22.7 Å². The van der Waals surface area contributed by atoms with E-state index >= 15 is 0 Å². The van der Waals surface area contributed by atoms with Crippen LogP contribution in [0.1, 0.15) is 36.2 Å². The molecule has 1 aliphatic carbocycles. The van der Waals surface area contributed by atoms with Crippen LogP contribution in [0.5, 0.6) is 0 Å². The molecule has 2 amide bonds. The molecule has 0 unspecified atom stereocenters. The number of aromatic nitrogens is 3. The van der Waals surface area contributed by atoms with Crippen molar-refractivity contribution in [2.75, 3.05) is 13.1 Å². The highest BCUT2D eigenvalue weighted by Crippen LogP contribution is 2.46. The number of nitrogens with zero attached hydrogens (tertiary/aromatic N) is 4. The summed E-state index contributed by atoms with van der Waals surface area (Å²) in [6.07, 6.45) is 5.93. The van der Waals surface area contributed by atoms with Gasteiger partial charge >= 0.3 is 0 Å². The summed E-state index contributed by atoms with van der Waals surface area (Å²) in [5.74, 6) is -0.232. The molecule has 0 aromatic carbocycles. The molecule has 1 saturated carbocycles. The maximum Gasteiger partial charge on any atom is 0.225 e. The van der Waals surface area contributed by atoms with Crippen molar-refractivity contribution in [3.63, 3.8) is 0 Å². The quantitative estimate of drug-likeness (QED) is 0.794. The third-order valence-corrected chi connectivity index (χ3v) is 5.89. The number of aryl methyl sites for hydroxylation is 2. The van der Waals surface area contributed by atoms with E-state index in [1.165, 1.54) is 0 Å². The minimum absolute atomic E-state index is 0.00905. The zero-order chi connectivity index (χ0) is 19.7. The highest BCUT2D eigenvalue weighted by molar-refractivity contribution is 5.89. The van der Waals surface area contributed by atoms with Gasteiger partial charge in [-0.05, 0) is 50.5 Å². The number of amides is 2. The lowest BCUT2D eigenvalue weighted by atomic mass is 10.1. The summed E-state index contributed by atoms with van der Waals surface area (Å²) in [5.41, 5.74) is 3.32. The average molecular weight is 381 g/mol. The Balaban J connectivity index is 1.29. The van der Waals surface area contributed by atoms with Crippen molar-refractivity contribution in [2.24, 2.45) is 11.3 Å². The van der Waals surface area contributed by atoms with Gasteiger partial charge in [0.1, 0.15) is 0 Å². The van der Waals surface area contributed by atoms with Crippen LogP contribution in [0.25, 0.3) is 0 Å². The first-order chi connectivity index (χ1) is 13.4. The fourth-order valence-electron chi connectivity index (χ4n) is 3.95. The van der Waals surface area contributed by atoms with Gasteiger partial charge in [0.15, 0.2) is 0 Å². The van der Waals surface area contributed by atoms with Gasteiger partial charge in [0.05, 0.1) is 11.6 Å². The van der Waals surface area contributed by atoms with Gasteiger partial charge < -0.3 is 10.2 Å². The summed E-state index contributed by atoms with van der Waals surface area (Å²) in [6.45, 7) is 6.57. The van der Waals surface area contributed by atoms with Gasteiger partial charge in [0.2, 0.25) is 11.8 Å². The second kappa shape index (κ2) is 7.37. The van der Waals surface area contributed by atoms with Gasteiger partial charge in [0.25, 0.3) is 0 Å². The van der Waals surface area contributed by atoms with Crippen molar-refractivity contribution < 1.29 is 9.59 Å². The molecule has 148 valence electrons. The number of nitrogens with one attached hydrogen (secondary N) is 1. The van der Waals surface area contributed by atoms with E-state index in [-0.39, 0.29) is 23.1 Å². The predicted octanol–water partition coefficient (Wildman–Crippen LogP) is 1.84. The molecule has 0 spiro atoms. The smallest absolute Gasteiger partial charge is 0.225 e. The molecule has 2 aromatic heterocycles. The van der Waals surface area contributed by atoms with E-state index in [9.17, 15) is 9.59 Å². The molecule has 1 atom stereocenters. The monoisotopic (exact) mass is 381 g/mol. The largest absolute Gasteiger partial charge is 0.355 e. The maximum atomic E-state index is 12.7. The van der Waals surface area contributed by atoms with Crippen molar-refractivity contribution in [2.45, 2.75) is 46.2 Å². The second-order valence-electron chi connectivity index (χ2n) is 8.33. The van der Waals surface area contributed by atoms with E-state index in [1.807, 2.05) is 23.7 Å². The average Bonchev–Trinajstić information content (AvgIpc) is 3.24. The molecule has 1 aliphatic heterocycles. The first kappa shape index (κ1) is 18.7. The van der Waals surface area contributed by atoms with E-state index < -0.39 is 0 Å². The highest BCUT2D eigenvalue weighted by Gasteiger charge is 2.44. The molecule has 2 aliphatic rings. The van der Waals surface area contributed by atoms with Crippen LogP contribution in [0.15, 0.2) is 30.6 Å². The summed E-state index contributed by atoms with van der Waals surface area (Å²) < 4.78 is 2.05. The topological polar surface area (TPSA) is 80.1 Å². The van der Waals surface area contributed by atoms with Crippen molar-refractivity contribution >= 4 is 11.8 Å². The van der Waals surface area contributed by atoms with Crippen LogP contribution in [-0.4, -0.2) is 44.6 Å². The summed E-state index contributed by atoms with van der Waals surface area (Å²) in [4.78, 5) is 30.7. The lowest BCUT2D eigenvalue weighted by Gasteiger charge is -2.19. The molecule has 2 fully saturated rings. The van der Waals surface area contributed by atoms with E-state index in [2.05, 4.69) is 28.4 Å². The Morgan fingerprint density at radius 2 is 2.04 bits per heavy atom. The maximum absolute atomic E-state index is 12.7. The molecule has 1 N–H and O–H groups in total. The number of likely N-dealkylation sites (tertiary alicyclic amines) is 1. The molecule has 3 heterocycles. The lowest BCUT2D eigenvalue weighted by molar-refractivity contribution is -0.129. The van der Waals surface area contributed by atoms with Crippen LogP contribution in [0, 0.1) is 25.2 Å². The molecular formula is C21H27N5O2. The standard InChI is InChI=1S/C21H27N5O2/c1-15-9-16(2)26(24-15)14-21(5-6-21)13-23-20(28)18-10-19(27)25(12-18)11-17-3-7-22-8-4-17/h3-4,7-9,18H,5-6,10-14H2,1-2H3,(H,23,28)/t18-/m0/s1. The van der Waals surface area contributed by atoms with Crippen molar-refractivity contribution in [1.29, 1.82) is 0 Å². The minimum atomic E-state index is -0.265. The number of pyridine rings is 1. The molecule has 4 rings (SSSR count). The van der Waals surface area contributed by atoms with Gasteiger partial charge in [-0.25, -0.2) is 0 Å². The number of carbonyl (C=O) groups excluding carboxylic acids is 2. The molecule has 1 saturated heterocycles. The summed E-state index contributed by atoms with van der Waals surface area (Å²) in [6, 6.07) is 5.88. The molecule has 2 aromatic rings. The normalized spacial score (nSPS) is 20.4. The summed E-state index contributed by atoms with van der Waals surface area (Å²) in [5, 5.41) is 7.66. The van der Waals surface area contributed by atoms with Crippen LogP contribution in [0.3, 0.4) is 0 Å². The van der Waals surface area contributed by atoms with Crippen LogP contribution >= 0.6 is 0 Å². The van der Waals surface area contributed by atoms with Gasteiger partial charge in [-0.15, -0.1) is 0 Å². The highest BCUT2D eigenvalue weighted by atomic mass is 16.2. The fraction of sp³-hybridized carbons (Fsp3) is 0.524. The number of rotatable bonds is 7. The Labute approximate surface area is 165 Å². The molecule has 28 heavy (non-hydrogen) atoms. The van der Waals surface area contributed by atoms with E-state index in [0.29, 0.717) is 26.1 Å². The summed E-state index contributed by atoms with van der Waals surface area (Å²) >= 11 is 0. The van der Waals surface area contributed by atoms with Gasteiger partial charge in [-0.1, -0.05) is 0 Å². The Morgan fingerprint density at radius 3 is 2.68 bits per heavy atom. The Morgan fingerprint density at radius 1 is 1.29 bits per heavy atom. The molecule has 7 heteroatoms. The third kappa shape index (κ3) is 4.08. The zero-order valence-corrected chi connectivity index (χ0v) is 16.5. The summed E-state index contributed by atoms with van der Waals surface area (Å²) in [7, 11) is 0. The van der Waals surface area contributed by atoms with Gasteiger partial charge in [-0.3, -0.25) is 19.3 Å². The van der Waals surface area contributed by atoms with Gasteiger partial charge in [0, 0.05) is 56.1 Å². The first-order valence-corrected chi connectivity index (χ1v) is 9.90. The molecule has 0 radical (unpaired) electrons. The number of carbonyl (C=O) groups is 2. The fourth-order valence-corrected chi connectivity index (χ4v) is 3.95. The van der Waals surface area contributed by atoms with E-state index in [1.54, 1.807) is 17.3 Å². The lowest BCUT2D eigenvalue weighted by Crippen LogP contribution is -2.37. The third-order valence-electron chi connectivity index (χ3n) is 5.89. The van der Waals surface area contributed by atoms with E-state index in [0.717, 1.165) is 36.3 Å². The Kier molecular flexibility index (Phi) is 4.91. The Bertz CT molecular complexity index is 872. The Hall–Kier alpha value is -2.70. The zero-order valence-electron chi connectivity index (χ0n) is 16.5.